The van der Waals surface area contributed by atoms with Gasteiger partial charge in [-0.2, -0.15) is 0 Å². The third-order valence-corrected chi connectivity index (χ3v) is 3.85. The Balaban J connectivity index is 2.00. The number of hydrogen-bond donors (Lipinski definition) is 2. The number of halogens is 1. The SMILES string of the molecule is Cc1cc(C(O)C(C)NC2CCCC2)ccc1F. The number of aryl methyl sites for hydroxylation is 1. The first-order valence-electron chi connectivity index (χ1n) is 6.78. The Hall–Kier alpha value is -0.930. The Labute approximate surface area is 108 Å². The lowest BCUT2D eigenvalue weighted by Crippen LogP contribution is -2.38. The second-order valence-electron chi connectivity index (χ2n) is 5.39. The molecule has 1 aliphatic carbocycles. The molecule has 2 unspecified atom stereocenters. The summed E-state index contributed by atoms with van der Waals surface area (Å²) in [5, 5.41) is 13.7. The van der Waals surface area contributed by atoms with Crippen LogP contribution in [0.25, 0.3) is 0 Å². The zero-order valence-corrected chi connectivity index (χ0v) is 11.1. The first kappa shape index (κ1) is 13.5. The molecule has 0 spiro atoms. The summed E-state index contributed by atoms with van der Waals surface area (Å²) in [7, 11) is 0. The van der Waals surface area contributed by atoms with E-state index in [-0.39, 0.29) is 11.9 Å². The van der Waals surface area contributed by atoms with E-state index in [1.54, 1.807) is 19.1 Å². The van der Waals surface area contributed by atoms with Crippen molar-refractivity contribution in [3.05, 3.63) is 35.1 Å². The molecular weight excluding hydrogens is 229 g/mol. The van der Waals surface area contributed by atoms with Crippen molar-refractivity contribution in [2.24, 2.45) is 0 Å². The van der Waals surface area contributed by atoms with Gasteiger partial charge < -0.3 is 10.4 Å². The van der Waals surface area contributed by atoms with Gasteiger partial charge >= 0.3 is 0 Å². The third kappa shape index (κ3) is 3.09. The standard InChI is InChI=1S/C15H22FNO/c1-10-9-12(7-8-14(10)16)15(18)11(2)17-13-5-3-4-6-13/h7-9,11,13,15,17-18H,3-6H2,1-2H3. The predicted molar refractivity (Wildman–Crippen MR) is 71.0 cm³/mol. The maximum absolute atomic E-state index is 13.2. The van der Waals surface area contributed by atoms with Crippen LogP contribution in [-0.2, 0) is 0 Å². The lowest BCUT2D eigenvalue weighted by atomic mass is 10.0. The van der Waals surface area contributed by atoms with Crippen LogP contribution < -0.4 is 5.32 Å². The fourth-order valence-electron chi connectivity index (χ4n) is 2.70. The summed E-state index contributed by atoms with van der Waals surface area (Å²) in [5.74, 6) is -0.220. The average Bonchev–Trinajstić information content (AvgIpc) is 2.84. The van der Waals surface area contributed by atoms with Crippen LogP contribution in [-0.4, -0.2) is 17.2 Å². The molecule has 1 aromatic carbocycles. The van der Waals surface area contributed by atoms with E-state index in [1.165, 1.54) is 31.7 Å². The lowest BCUT2D eigenvalue weighted by Gasteiger charge is -2.24. The summed E-state index contributed by atoms with van der Waals surface area (Å²) in [4.78, 5) is 0. The summed E-state index contributed by atoms with van der Waals surface area (Å²) in [6, 6.07) is 5.34. The number of aliphatic hydroxyl groups is 1. The van der Waals surface area contributed by atoms with Gasteiger partial charge in [0.1, 0.15) is 5.82 Å². The summed E-state index contributed by atoms with van der Waals surface area (Å²) in [5.41, 5.74) is 1.37. The monoisotopic (exact) mass is 251 g/mol. The Morgan fingerprint density at radius 1 is 1.33 bits per heavy atom. The Morgan fingerprint density at radius 3 is 2.61 bits per heavy atom. The molecule has 18 heavy (non-hydrogen) atoms. The molecule has 2 nitrogen and oxygen atoms in total. The van der Waals surface area contributed by atoms with E-state index >= 15 is 0 Å². The summed E-state index contributed by atoms with van der Waals surface area (Å²) < 4.78 is 13.2. The van der Waals surface area contributed by atoms with E-state index in [4.69, 9.17) is 0 Å². The van der Waals surface area contributed by atoms with Crippen LogP contribution in [0.3, 0.4) is 0 Å². The van der Waals surface area contributed by atoms with Crippen LogP contribution in [0, 0.1) is 12.7 Å². The third-order valence-electron chi connectivity index (χ3n) is 3.85. The van der Waals surface area contributed by atoms with Gasteiger partial charge in [0.25, 0.3) is 0 Å². The quantitative estimate of drug-likeness (QED) is 0.862. The molecule has 0 aromatic heterocycles. The molecule has 1 saturated carbocycles. The van der Waals surface area contributed by atoms with Gasteiger partial charge in [-0.05, 0) is 43.9 Å². The topological polar surface area (TPSA) is 32.3 Å². The highest BCUT2D eigenvalue weighted by atomic mass is 19.1. The molecule has 0 heterocycles. The van der Waals surface area contributed by atoms with Crippen molar-refractivity contribution in [2.75, 3.05) is 0 Å². The van der Waals surface area contributed by atoms with E-state index in [0.717, 1.165) is 5.56 Å². The number of benzene rings is 1. The van der Waals surface area contributed by atoms with Gasteiger partial charge in [0.2, 0.25) is 0 Å². The fraction of sp³-hybridized carbons (Fsp3) is 0.600. The van der Waals surface area contributed by atoms with E-state index in [0.29, 0.717) is 11.6 Å². The van der Waals surface area contributed by atoms with Crippen LogP contribution in [0.1, 0.15) is 49.8 Å². The highest BCUT2D eigenvalue weighted by molar-refractivity contribution is 5.26. The number of rotatable bonds is 4. The molecule has 0 radical (unpaired) electrons. The van der Waals surface area contributed by atoms with Crippen LogP contribution in [0.5, 0.6) is 0 Å². The van der Waals surface area contributed by atoms with Gasteiger partial charge in [-0.25, -0.2) is 4.39 Å². The Morgan fingerprint density at radius 2 is 2.00 bits per heavy atom. The van der Waals surface area contributed by atoms with Crippen molar-refractivity contribution in [3.8, 4) is 0 Å². The molecule has 2 N–H and O–H groups in total. The predicted octanol–water partition coefficient (Wildman–Crippen LogP) is 3.09. The minimum atomic E-state index is -0.579. The van der Waals surface area contributed by atoms with Crippen molar-refractivity contribution in [3.63, 3.8) is 0 Å². The zero-order valence-electron chi connectivity index (χ0n) is 11.1. The van der Waals surface area contributed by atoms with Crippen molar-refractivity contribution in [1.29, 1.82) is 0 Å². The molecule has 100 valence electrons. The van der Waals surface area contributed by atoms with Crippen molar-refractivity contribution >= 4 is 0 Å². The molecule has 1 fully saturated rings. The molecule has 1 aliphatic rings. The van der Waals surface area contributed by atoms with Gasteiger partial charge in [-0.3, -0.25) is 0 Å². The number of hydrogen-bond acceptors (Lipinski definition) is 2. The molecule has 0 saturated heterocycles. The fourth-order valence-corrected chi connectivity index (χ4v) is 2.70. The molecule has 2 rings (SSSR count). The zero-order chi connectivity index (χ0) is 13.1. The normalized spacial score (nSPS) is 20.0. The average molecular weight is 251 g/mol. The highest BCUT2D eigenvalue weighted by Crippen LogP contribution is 2.23. The molecule has 0 aliphatic heterocycles. The van der Waals surface area contributed by atoms with Gasteiger partial charge in [0.05, 0.1) is 6.10 Å². The summed E-state index contributed by atoms with van der Waals surface area (Å²) in [6.45, 7) is 3.71. The molecule has 0 bridgehead atoms. The van der Waals surface area contributed by atoms with Gasteiger partial charge in [0, 0.05) is 12.1 Å². The number of aliphatic hydroxyl groups excluding tert-OH is 1. The highest BCUT2D eigenvalue weighted by Gasteiger charge is 2.22. The van der Waals surface area contributed by atoms with E-state index < -0.39 is 6.10 Å². The van der Waals surface area contributed by atoms with Crippen molar-refractivity contribution in [1.82, 2.24) is 5.32 Å². The second kappa shape index (κ2) is 5.81. The molecule has 2 atom stereocenters. The minimum absolute atomic E-state index is 0.00189. The summed E-state index contributed by atoms with van der Waals surface area (Å²) >= 11 is 0. The van der Waals surface area contributed by atoms with Gasteiger partial charge in [0.15, 0.2) is 0 Å². The van der Waals surface area contributed by atoms with E-state index in [9.17, 15) is 9.50 Å². The van der Waals surface area contributed by atoms with Crippen LogP contribution in [0.15, 0.2) is 18.2 Å². The van der Waals surface area contributed by atoms with Crippen molar-refractivity contribution < 1.29 is 9.50 Å². The number of nitrogens with one attached hydrogen (secondary N) is 1. The molecule has 1 aromatic rings. The lowest BCUT2D eigenvalue weighted by molar-refractivity contribution is 0.129. The first-order valence-corrected chi connectivity index (χ1v) is 6.78. The first-order chi connectivity index (χ1) is 8.58. The summed E-state index contributed by atoms with van der Waals surface area (Å²) in [6.07, 6.45) is 4.36. The van der Waals surface area contributed by atoms with Crippen LogP contribution in [0.2, 0.25) is 0 Å². The molecular formula is C15H22FNO. The maximum atomic E-state index is 13.2. The maximum Gasteiger partial charge on any atom is 0.126 e. The second-order valence-corrected chi connectivity index (χ2v) is 5.39. The van der Waals surface area contributed by atoms with Crippen LogP contribution >= 0.6 is 0 Å². The molecule has 3 heteroatoms. The van der Waals surface area contributed by atoms with E-state index in [1.807, 2.05) is 6.92 Å². The van der Waals surface area contributed by atoms with Crippen LogP contribution in [0.4, 0.5) is 4.39 Å². The van der Waals surface area contributed by atoms with Gasteiger partial charge in [-0.15, -0.1) is 0 Å². The smallest absolute Gasteiger partial charge is 0.126 e. The Bertz CT molecular complexity index is 401. The van der Waals surface area contributed by atoms with E-state index in [2.05, 4.69) is 5.32 Å². The Kier molecular flexibility index (Phi) is 4.36. The van der Waals surface area contributed by atoms with Gasteiger partial charge in [-0.1, -0.05) is 25.0 Å². The minimum Gasteiger partial charge on any atom is -0.387 e. The molecule has 0 amide bonds. The van der Waals surface area contributed by atoms with Crippen molar-refractivity contribution in [2.45, 2.75) is 57.7 Å². The largest absolute Gasteiger partial charge is 0.387 e.